The van der Waals surface area contributed by atoms with E-state index in [1.165, 1.54) is 0 Å². The highest BCUT2D eigenvalue weighted by Crippen LogP contribution is 2.38. The highest BCUT2D eigenvalue weighted by atomic mass is 16.5. The van der Waals surface area contributed by atoms with Gasteiger partial charge in [0.05, 0.1) is 12.0 Å². The van der Waals surface area contributed by atoms with Crippen molar-refractivity contribution in [2.75, 3.05) is 26.8 Å². The van der Waals surface area contributed by atoms with Gasteiger partial charge in [-0.15, -0.1) is 0 Å². The van der Waals surface area contributed by atoms with Gasteiger partial charge < -0.3 is 9.84 Å². The molecule has 2 unspecified atom stereocenters. The number of ether oxygens (including phenoxy) is 1. The van der Waals surface area contributed by atoms with Crippen molar-refractivity contribution in [3.05, 3.63) is 0 Å². The first kappa shape index (κ1) is 13.5. The van der Waals surface area contributed by atoms with Crippen LogP contribution in [0.4, 0.5) is 0 Å². The highest BCUT2D eigenvalue weighted by molar-refractivity contribution is 5.75. The minimum Gasteiger partial charge on any atom is -0.481 e. The van der Waals surface area contributed by atoms with Crippen LogP contribution in [-0.2, 0) is 9.53 Å². The summed E-state index contributed by atoms with van der Waals surface area (Å²) < 4.78 is 5.12. The molecule has 0 bridgehead atoms. The molecule has 0 aliphatic carbocycles. The van der Waals surface area contributed by atoms with E-state index in [-0.39, 0.29) is 5.92 Å². The first-order valence-corrected chi connectivity index (χ1v) is 5.90. The largest absolute Gasteiger partial charge is 0.481 e. The van der Waals surface area contributed by atoms with E-state index in [1.54, 1.807) is 7.11 Å². The third-order valence-electron chi connectivity index (χ3n) is 3.89. The molecule has 0 radical (unpaired) electrons. The van der Waals surface area contributed by atoms with Gasteiger partial charge in [-0.05, 0) is 25.8 Å². The third kappa shape index (κ3) is 2.38. The van der Waals surface area contributed by atoms with Crippen LogP contribution in [0.5, 0.6) is 0 Å². The molecule has 4 nitrogen and oxygen atoms in total. The lowest BCUT2D eigenvalue weighted by Crippen LogP contribution is -2.42. The fourth-order valence-corrected chi connectivity index (χ4v) is 2.48. The number of rotatable bonds is 5. The Labute approximate surface area is 97.6 Å². The lowest BCUT2D eigenvalue weighted by atomic mass is 9.76. The average molecular weight is 229 g/mol. The Morgan fingerprint density at radius 1 is 1.50 bits per heavy atom. The van der Waals surface area contributed by atoms with E-state index in [1.807, 2.05) is 13.8 Å². The Kier molecular flexibility index (Phi) is 4.33. The van der Waals surface area contributed by atoms with E-state index in [2.05, 4.69) is 11.8 Å². The molecule has 0 aromatic heterocycles. The van der Waals surface area contributed by atoms with Crippen molar-refractivity contribution in [1.29, 1.82) is 0 Å². The van der Waals surface area contributed by atoms with E-state index in [0.717, 1.165) is 13.0 Å². The number of aliphatic carboxylic acids is 1. The number of hydrogen-bond acceptors (Lipinski definition) is 3. The van der Waals surface area contributed by atoms with Crippen molar-refractivity contribution in [3.63, 3.8) is 0 Å². The number of carboxylic acids is 1. The van der Waals surface area contributed by atoms with Crippen molar-refractivity contribution < 1.29 is 14.6 Å². The summed E-state index contributed by atoms with van der Waals surface area (Å²) in [7, 11) is 1.68. The maximum atomic E-state index is 11.4. The second kappa shape index (κ2) is 5.15. The Bertz CT molecular complexity index is 255. The third-order valence-corrected chi connectivity index (χ3v) is 3.89. The molecular formula is C12H23NO3. The van der Waals surface area contributed by atoms with Crippen LogP contribution < -0.4 is 0 Å². The van der Waals surface area contributed by atoms with Crippen LogP contribution in [0.25, 0.3) is 0 Å². The first-order chi connectivity index (χ1) is 7.44. The topological polar surface area (TPSA) is 49.8 Å². The summed E-state index contributed by atoms with van der Waals surface area (Å²) in [5.41, 5.74) is -0.567. The minimum atomic E-state index is -0.658. The molecule has 0 saturated carbocycles. The normalized spacial score (nSPS) is 28.6. The first-order valence-electron chi connectivity index (χ1n) is 5.90. The summed E-state index contributed by atoms with van der Waals surface area (Å²) in [4.78, 5) is 13.7. The van der Waals surface area contributed by atoms with Crippen molar-refractivity contribution in [1.82, 2.24) is 4.90 Å². The Morgan fingerprint density at radius 3 is 2.50 bits per heavy atom. The van der Waals surface area contributed by atoms with E-state index >= 15 is 0 Å². The van der Waals surface area contributed by atoms with Crippen molar-refractivity contribution in [2.45, 2.75) is 33.2 Å². The zero-order valence-electron chi connectivity index (χ0n) is 10.7. The van der Waals surface area contributed by atoms with Crippen LogP contribution in [0.15, 0.2) is 0 Å². The molecule has 0 aromatic carbocycles. The smallest absolute Gasteiger partial charge is 0.311 e. The number of methoxy groups -OCH3 is 1. The van der Waals surface area contributed by atoms with Crippen molar-refractivity contribution in [2.24, 2.45) is 11.3 Å². The number of carbonyl (C=O) groups is 1. The molecule has 0 spiro atoms. The predicted molar refractivity (Wildman–Crippen MR) is 62.4 cm³/mol. The van der Waals surface area contributed by atoms with E-state index in [0.29, 0.717) is 19.2 Å². The van der Waals surface area contributed by atoms with Gasteiger partial charge in [-0.2, -0.15) is 0 Å². The van der Waals surface area contributed by atoms with Crippen LogP contribution in [0.2, 0.25) is 0 Å². The maximum absolute atomic E-state index is 11.4. The SMILES string of the molecule is COCC(C)N1CCC(C(=O)O)(C(C)C)C1. The second-order valence-electron chi connectivity index (χ2n) is 5.14. The minimum absolute atomic E-state index is 0.171. The number of nitrogens with zero attached hydrogens (tertiary/aromatic N) is 1. The van der Waals surface area contributed by atoms with Gasteiger partial charge in [0.15, 0.2) is 0 Å². The maximum Gasteiger partial charge on any atom is 0.311 e. The number of carboxylic acid groups (broad SMARTS) is 1. The molecule has 2 atom stereocenters. The van der Waals surface area contributed by atoms with Crippen LogP contribution in [0, 0.1) is 11.3 Å². The monoisotopic (exact) mass is 229 g/mol. The molecule has 1 heterocycles. The molecule has 1 aliphatic rings. The Morgan fingerprint density at radius 2 is 2.12 bits per heavy atom. The van der Waals surface area contributed by atoms with Crippen LogP contribution in [-0.4, -0.2) is 48.8 Å². The van der Waals surface area contributed by atoms with Crippen LogP contribution in [0.3, 0.4) is 0 Å². The average Bonchev–Trinajstić information content (AvgIpc) is 2.63. The molecule has 1 saturated heterocycles. The molecule has 1 aliphatic heterocycles. The van der Waals surface area contributed by atoms with Gasteiger partial charge in [-0.1, -0.05) is 13.8 Å². The van der Waals surface area contributed by atoms with E-state index in [9.17, 15) is 9.90 Å². The van der Waals surface area contributed by atoms with Crippen LogP contribution in [0.1, 0.15) is 27.2 Å². The Hall–Kier alpha value is -0.610. The molecule has 94 valence electrons. The molecule has 1 fully saturated rings. The Balaban J connectivity index is 2.71. The summed E-state index contributed by atoms with van der Waals surface area (Å²) in [6.07, 6.45) is 0.744. The summed E-state index contributed by atoms with van der Waals surface area (Å²) in [5, 5.41) is 9.41. The van der Waals surface area contributed by atoms with Gasteiger partial charge >= 0.3 is 5.97 Å². The molecule has 0 amide bonds. The molecular weight excluding hydrogens is 206 g/mol. The van der Waals surface area contributed by atoms with Gasteiger partial charge in [0.1, 0.15) is 0 Å². The van der Waals surface area contributed by atoms with Gasteiger partial charge in [0.2, 0.25) is 0 Å². The van der Waals surface area contributed by atoms with E-state index < -0.39 is 11.4 Å². The fourth-order valence-electron chi connectivity index (χ4n) is 2.48. The number of likely N-dealkylation sites (tertiary alicyclic amines) is 1. The molecule has 0 aromatic rings. The summed E-state index contributed by atoms with van der Waals surface area (Å²) in [6.45, 7) is 8.24. The second-order valence-corrected chi connectivity index (χ2v) is 5.14. The molecule has 1 rings (SSSR count). The van der Waals surface area contributed by atoms with Gasteiger partial charge in [-0.25, -0.2) is 0 Å². The molecule has 1 N–H and O–H groups in total. The quantitative estimate of drug-likeness (QED) is 0.775. The van der Waals surface area contributed by atoms with Crippen molar-refractivity contribution in [3.8, 4) is 0 Å². The standard InChI is InChI=1S/C12H23NO3/c1-9(2)12(11(14)15)5-6-13(8-12)10(3)7-16-4/h9-10H,5-8H2,1-4H3,(H,14,15). The number of hydrogen-bond donors (Lipinski definition) is 1. The molecule has 16 heavy (non-hydrogen) atoms. The predicted octanol–water partition coefficient (Wildman–Crippen LogP) is 1.45. The van der Waals surface area contributed by atoms with Crippen LogP contribution >= 0.6 is 0 Å². The summed E-state index contributed by atoms with van der Waals surface area (Å²) in [6, 6.07) is 0.296. The van der Waals surface area contributed by atoms with Gasteiger partial charge in [-0.3, -0.25) is 9.69 Å². The zero-order chi connectivity index (χ0) is 12.3. The van der Waals surface area contributed by atoms with E-state index in [4.69, 9.17) is 4.74 Å². The lowest BCUT2D eigenvalue weighted by molar-refractivity contribution is -0.151. The summed E-state index contributed by atoms with van der Waals surface area (Å²) in [5.74, 6) is -0.487. The van der Waals surface area contributed by atoms with Gasteiger partial charge in [0.25, 0.3) is 0 Å². The highest BCUT2D eigenvalue weighted by Gasteiger charge is 2.47. The lowest BCUT2D eigenvalue weighted by Gasteiger charge is -2.30. The van der Waals surface area contributed by atoms with Gasteiger partial charge in [0, 0.05) is 19.7 Å². The summed E-state index contributed by atoms with van der Waals surface area (Å²) >= 11 is 0. The zero-order valence-corrected chi connectivity index (χ0v) is 10.7. The van der Waals surface area contributed by atoms with Crippen molar-refractivity contribution >= 4 is 5.97 Å². The molecule has 4 heteroatoms. The fraction of sp³-hybridized carbons (Fsp3) is 0.917.